The zero-order valence-electron chi connectivity index (χ0n) is 35.4. The molecule has 1 aliphatic carbocycles. The largest absolute Gasteiger partial charge is 0.497 e. The molecule has 58 heavy (non-hydrogen) atoms. The maximum Gasteiger partial charge on any atom is 0.210 e. The Balaban J connectivity index is 1.14. The predicted octanol–water partition coefficient (Wildman–Crippen LogP) is 11.1. The zero-order chi connectivity index (χ0) is 40.9. The number of nitrogens with zero attached hydrogens (tertiary/aromatic N) is 2. The first-order valence-electron chi connectivity index (χ1n) is 20.4. The third-order valence-corrected chi connectivity index (χ3v) is 11.8. The van der Waals surface area contributed by atoms with Gasteiger partial charge in [-0.3, -0.25) is 0 Å². The van der Waals surface area contributed by atoms with Gasteiger partial charge in [0.25, 0.3) is 0 Å². The van der Waals surface area contributed by atoms with Crippen molar-refractivity contribution in [3.8, 4) is 11.5 Å². The molecule has 4 aromatic carbocycles. The molecule has 302 valence electrons. The van der Waals surface area contributed by atoms with Gasteiger partial charge in [0.2, 0.25) is 5.69 Å². The van der Waals surface area contributed by atoms with Crippen LogP contribution in [-0.2, 0) is 20.3 Å². The highest BCUT2D eigenvalue weighted by atomic mass is 16.5. The van der Waals surface area contributed by atoms with Crippen molar-refractivity contribution < 1.29 is 23.5 Å². The Morgan fingerprint density at radius 3 is 1.97 bits per heavy atom. The van der Waals surface area contributed by atoms with Crippen molar-refractivity contribution in [1.82, 2.24) is 0 Å². The van der Waals surface area contributed by atoms with E-state index in [9.17, 15) is 0 Å². The average molecular weight is 780 g/mol. The summed E-state index contributed by atoms with van der Waals surface area (Å²) in [5, 5.41) is 7.18. The quantitative estimate of drug-likeness (QED) is 0.116. The normalized spacial score (nSPS) is 18.1. The first-order chi connectivity index (χ1) is 28.0. The van der Waals surface area contributed by atoms with Crippen LogP contribution in [0.15, 0.2) is 132 Å². The Hall–Kier alpha value is -5.57. The predicted molar refractivity (Wildman–Crippen MR) is 240 cm³/mol. The Bertz CT molecular complexity index is 2300. The highest BCUT2D eigenvalue weighted by Gasteiger charge is 2.44. The maximum absolute atomic E-state index is 5.59. The molecule has 0 bridgehead atoms. The summed E-state index contributed by atoms with van der Waals surface area (Å²) in [5.74, 6) is 1.66. The highest BCUT2D eigenvalue weighted by molar-refractivity contribution is 6.03. The Labute approximate surface area is 345 Å². The van der Waals surface area contributed by atoms with Gasteiger partial charge in [-0.05, 0) is 110 Å². The van der Waals surface area contributed by atoms with Crippen LogP contribution in [0.3, 0.4) is 0 Å². The van der Waals surface area contributed by atoms with E-state index in [-0.39, 0.29) is 10.8 Å². The van der Waals surface area contributed by atoms with Crippen LogP contribution in [0.5, 0.6) is 11.5 Å². The van der Waals surface area contributed by atoms with Gasteiger partial charge in [-0.2, -0.15) is 4.58 Å². The lowest BCUT2D eigenvalue weighted by atomic mass is 9.81. The van der Waals surface area contributed by atoms with Gasteiger partial charge in [-0.1, -0.05) is 44.2 Å². The molecule has 0 radical (unpaired) electrons. The molecule has 0 amide bonds. The van der Waals surface area contributed by atoms with Crippen LogP contribution in [0.4, 0.5) is 34.1 Å². The van der Waals surface area contributed by atoms with Crippen LogP contribution in [0.1, 0.15) is 58.1 Å². The molecule has 0 unspecified atom stereocenters. The van der Waals surface area contributed by atoms with Crippen molar-refractivity contribution in [3.63, 3.8) is 0 Å². The summed E-state index contributed by atoms with van der Waals surface area (Å²) in [5.41, 5.74) is 14.0. The summed E-state index contributed by atoms with van der Waals surface area (Å²) in [6, 6.07) is 29.5. The van der Waals surface area contributed by atoms with Gasteiger partial charge >= 0.3 is 0 Å². The number of hydrogen-bond acceptors (Lipinski definition) is 7. The molecular weight excluding hydrogens is 721 g/mol. The van der Waals surface area contributed by atoms with Gasteiger partial charge in [0.05, 0.1) is 26.2 Å². The standard InChI is InChI=1S/C50H59N4O4/c1-49(2)43-33-39(51-37-14-10-16-41(31-37)57-7)20-22-45(43)53(26-28-55-5)47(49)24-18-35-12-9-13-36(30-35)19-25-48-50(3,4)44-34-40(21-23-46(44)54(48)27-29-56-6)52-38-15-11-17-42(32-38)58-8/h10-11,14-25,30-34,51-52H,9,12-13,26-29H2,1-8H3/q+1. The number of ether oxygens (including phenoxy) is 4. The minimum atomic E-state index is -0.206. The molecule has 2 N–H and O–H groups in total. The van der Waals surface area contributed by atoms with E-state index in [4.69, 9.17) is 18.9 Å². The summed E-state index contributed by atoms with van der Waals surface area (Å²) in [6.45, 7) is 12.2. The number of allylic oxidation sites excluding steroid dienone is 8. The Morgan fingerprint density at radius 1 is 0.672 bits per heavy atom. The molecule has 0 aromatic heterocycles. The molecule has 0 atom stereocenters. The van der Waals surface area contributed by atoms with Crippen molar-refractivity contribution in [2.45, 2.75) is 57.8 Å². The van der Waals surface area contributed by atoms with Crippen molar-refractivity contribution in [3.05, 3.63) is 143 Å². The Kier molecular flexibility index (Phi) is 12.3. The van der Waals surface area contributed by atoms with E-state index in [0.29, 0.717) is 13.2 Å². The van der Waals surface area contributed by atoms with E-state index in [2.05, 4.69) is 127 Å². The molecule has 4 aromatic rings. The van der Waals surface area contributed by atoms with E-state index in [1.165, 1.54) is 45.1 Å². The van der Waals surface area contributed by atoms with Gasteiger partial charge < -0.3 is 34.5 Å². The fourth-order valence-electron chi connectivity index (χ4n) is 8.60. The molecule has 0 spiro atoms. The van der Waals surface area contributed by atoms with Crippen LogP contribution in [0, 0.1) is 0 Å². The number of benzene rings is 4. The van der Waals surface area contributed by atoms with Gasteiger partial charge in [0.15, 0.2) is 12.3 Å². The van der Waals surface area contributed by atoms with Crippen LogP contribution < -0.4 is 25.0 Å². The van der Waals surface area contributed by atoms with Crippen molar-refractivity contribution in [2.75, 3.05) is 70.3 Å². The second-order valence-corrected chi connectivity index (χ2v) is 16.3. The molecule has 8 heteroatoms. The van der Waals surface area contributed by atoms with Crippen molar-refractivity contribution in [2.24, 2.45) is 0 Å². The summed E-state index contributed by atoms with van der Waals surface area (Å²) in [4.78, 5) is 2.43. The number of nitrogens with one attached hydrogen (secondary N) is 2. The summed E-state index contributed by atoms with van der Waals surface area (Å²) >= 11 is 0. The summed E-state index contributed by atoms with van der Waals surface area (Å²) in [6.07, 6.45) is 15.0. The first-order valence-corrected chi connectivity index (χ1v) is 20.4. The van der Waals surface area contributed by atoms with E-state index in [0.717, 1.165) is 66.6 Å². The molecule has 0 saturated heterocycles. The number of methoxy groups -OCH3 is 4. The van der Waals surface area contributed by atoms with Gasteiger partial charge in [0.1, 0.15) is 18.1 Å². The summed E-state index contributed by atoms with van der Waals surface area (Å²) < 4.78 is 24.5. The number of rotatable bonds is 15. The summed E-state index contributed by atoms with van der Waals surface area (Å²) in [7, 11) is 6.94. The van der Waals surface area contributed by atoms with Crippen LogP contribution in [0.25, 0.3) is 0 Å². The molecule has 2 heterocycles. The second-order valence-electron chi connectivity index (χ2n) is 16.3. The SMILES string of the molecule is COCCN1/C(=C\C=C2C=C(/C=C/C3=[N+](CCOC)c4ccc(Nc5cccc(OC)c5)cc4C3(C)C)CCC\2)C(C)(C)c2cc(Nc3cccc(OC)c3)ccc21. The first kappa shape index (κ1) is 40.6. The third kappa shape index (κ3) is 8.50. The topological polar surface area (TPSA) is 67.2 Å². The van der Waals surface area contributed by atoms with Gasteiger partial charge in [-0.25, -0.2) is 0 Å². The van der Waals surface area contributed by atoms with Crippen molar-refractivity contribution >= 4 is 39.8 Å². The van der Waals surface area contributed by atoms with E-state index in [1.54, 1.807) is 28.4 Å². The van der Waals surface area contributed by atoms with Crippen molar-refractivity contribution in [1.29, 1.82) is 0 Å². The van der Waals surface area contributed by atoms with Gasteiger partial charge in [0, 0.05) is 90.2 Å². The number of fused-ring (bicyclic) bond motifs is 2. The van der Waals surface area contributed by atoms with Crippen LogP contribution in [-0.4, -0.2) is 65.0 Å². The van der Waals surface area contributed by atoms with Gasteiger partial charge in [-0.15, -0.1) is 0 Å². The van der Waals surface area contributed by atoms with Crippen LogP contribution in [0.2, 0.25) is 0 Å². The smallest absolute Gasteiger partial charge is 0.210 e. The lowest BCUT2D eigenvalue weighted by molar-refractivity contribution is -0.441. The molecular formula is C50H59N4O4+. The minimum Gasteiger partial charge on any atom is -0.497 e. The minimum absolute atomic E-state index is 0.206. The van der Waals surface area contributed by atoms with Crippen LogP contribution >= 0.6 is 0 Å². The molecule has 0 fully saturated rings. The van der Waals surface area contributed by atoms with E-state index in [1.807, 2.05) is 36.4 Å². The van der Waals surface area contributed by atoms with E-state index < -0.39 is 0 Å². The molecule has 3 aliphatic rings. The molecule has 2 aliphatic heterocycles. The Morgan fingerprint density at radius 2 is 1.31 bits per heavy atom. The molecule has 0 saturated carbocycles. The molecule has 8 nitrogen and oxygen atoms in total. The fourth-order valence-corrected chi connectivity index (χ4v) is 8.60. The second kappa shape index (κ2) is 17.5. The maximum atomic E-state index is 5.59. The highest BCUT2D eigenvalue weighted by Crippen LogP contribution is 2.49. The average Bonchev–Trinajstić information content (AvgIpc) is 3.57. The third-order valence-electron chi connectivity index (χ3n) is 11.8. The van der Waals surface area contributed by atoms with E-state index >= 15 is 0 Å². The zero-order valence-corrected chi connectivity index (χ0v) is 35.4. The lowest BCUT2D eigenvalue weighted by Gasteiger charge is -2.27. The fraction of sp³-hybridized carbons (Fsp3) is 0.340. The molecule has 7 rings (SSSR count). The lowest BCUT2D eigenvalue weighted by Crippen LogP contribution is -2.28. The monoisotopic (exact) mass is 779 g/mol. The number of hydrogen-bond donors (Lipinski definition) is 2. The number of anilines is 5.